The fourth-order valence-electron chi connectivity index (χ4n) is 2.24. The van der Waals surface area contributed by atoms with Crippen molar-refractivity contribution in [1.29, 1.82) is 0 Å². The number of halogens is 2. The molecule has 2 aromatic carbocycles. The Morgan fingerprint density at radius 2 is 1.11 bits per heavy atom. The number of aryl methyl sites for hydroxylation is 2. The molecule has 2 heteroatoms. The first-order chi connectivity index (χ1) is 8.65. The third-order valence-electron chi connectivity index (χ3n) is 3.19. The van der Waals surface area contributed by atoms with Gasteiger partial charge in [0, 0.05) is 8.95 Å². The minimum atomic E-state index is 1.05. The van der Waals surface area contributed by atoms with Gasteiger partial charge in [-0.05, 0) is 59.4 Å². The van der Waals surface area contributed by atoms with Gasteiger partial charge in [-0.15, -0.1) is 0 Å². The van der Waals surface area contributed by atoms with Crippen LogP contribution in [0.3, 0.4) is 0 Å². The Hall–Kier alpha value is -0.600. The van der Waals surface area contributed by atoms with Crippen molar-refractivity contribution < 1.29 is 0 Å². The minimum Gasteiger partial charge on any atom is -0.0613 e. The summed E-state index contributed by atoms with van der Waals surface area (Å²) in [5.41, 5.74) is 5.48. The van der Waals surface area contributed by atoms with Gasteiger partial charge in [-0.1, -0.05) is 57.8 Å². The van der Waals surface area contributed by atoms with Crippen LogP contribution >= 0.6 is 31.9 Å². The van der Waals surface area contributed by atoms with E-state index in [2.05, 4.69) is 82.1 Å². The summed E-state index contributed by atoms with van der Waals surface area (Å²) < 4.78 is 2.30. The maximum Gasteiger partial charge on any atom is 0.0178 e. The molecule has 0 atom stereocenters. The highest BCUT2D eigenvalue weighted by molar-refractivity contribution is 9.10. The summed E-state index contributed by atoms with van der Waals surface area (Å²) in [6, 6.07) is 13.1. The van der Waals surface area contributed by atoms with Crippen LogP contribution in [0.5, 0.6) is 0 Å². The van der Waals surface area contributed by atoms with Crippen molar-refractivity contribution in [3.05, 3.63) is 56.5 Å². The summed E-state index contributed by atoms with van der Waals surface area (Å²) in [5, 5.41) is 0. The molecule has 0 spiro atoms. The van der Waals surface area contributed by atoms with Crippen molar-refractivity contribution in [2.45, 2.75) is 26.7 Å². The average Bonchev–Trinajstić information content (AvgIpc) is 2.38. The number of hydrogen-bond acceptors (Lipinski definition) is 0. The van der Waals surface area contributed by atoms with Crippen LogP contribution in [0.25, 0.3) is 11.1 Å². The van der Waals surface area contributed by atoms with E-state index in [4.69, 9.17) is 0 Å². The van der Waals surface area contributed by atoms with E-state index >= 15 is 0 Å². The second-order valence-electron chi connectivity index (χ2n) is 4.31. The van der Waals surface area contributed by atoms with Gasteiger partial charge in [-0.3, -0.25) is 0 Å². The Morgan fingerprint density at radius 3 is 1.44 bits per heavy atom. The van der Waals surface area contributed by atoms with E-state index in [1.54, 1.807) is 0 Å². The zero-order chi connectivity index (χ0) is 13.1. The van der Waals surface area contributed by atoms with Crippen LogP contribution in [0.15, 0.2) is 45.3 Å². The van der Waals surface area contributed by atoms with Gasteiger partial charge in [0.15, 0.2) is 0 Å². The van der Waals surface area contributed by atoms with Crippen molar-refractivity contribution in [3.63, 3.8) is 0 Å². The van der Waals surface area contributed by atoms with Crippen molar-refractivity contribution in [2.24, 2.45) is 0 Å². The molecule has 0 bridgehead atoms. The fourth-order valence-corrected chi connectivity index (χ4v) is 3.05. The Balaban J connectivity index is 2.61. The lowest BCUT2D eigenvalue weighted by molar-refractivity contribution is 1.11. The van der Waals surface area contributed by atoms with Gasteiger partial charge in [0.05, 0.1) is 0 Å². The number of hydrogen-bond donors (Lipinski definition) is 0. The second kappa shape index (κ2) is 6.03. The lowest BCUT2D eigenvalue weighted by Crippen LogP contribution is -1.92. The van der Waals surface area contributed by atoms with Crippen LogP contribution in [-0.2, 0) is 12.8 Å². The summed E-state index contributed by atoms with van der Waals surface area (Å²) >= 11 is 7.10. The molecule has 2 rings (SSSR count). The lowest BCUT2D eigenvalue weighted by Gasteiger charge is -2.13. The zero-order valence-electron chi connectivity index (χ0n) is 10.6. The van der Waals surface area contributed by atoms with Gasteiger partial charge in [0.1, 0.15) is 0 Å². The van der Waals surface area contributed by atoms with Gasteiger partial charge in [-0.25, -0.2) is 0 Å². The predicted molar refractivity (Wildman–Crippen MR) is 86.0 cm³/mol. The normalized spacial score (nSPS) is 10.7. The molecule has 0 nitrogen and oxygen atoms in total. The molecule has 0 amide bonds. The van der Waals surface area contributed by atoms with Gasteiger partial charge >= 0.3 is 0 Å². The Bertz CT molecular complexity index is 508. The maximum atomic E-state index is 3.55. The third kappa shape index (κ3) is 2.86. The van der Waals surface area contributed by atoms with E-state index in [-0.39, 0.29) is 0 Å². The maximum absolute atomic E-state index is 3.55. The van der Waals surface area contributed by atoms with Crippen LogP contribution in [0.4, 0.5) is 0 Å². The Morgan fingerprint density at radius 1 is 0.722 bits per heavy atom. The molecule has 0 radical (unpaired) electrons. The van der Waals surface area contributed by atoms with Crippen molar-refractivity contribution in [3.8, 4) is 11.1 Å². The summed E-state index contributed by atoms with van der Waals surface area (Å²) in [5.74, 6) is 0. The number of rotatable bonds is 3. The standard InChI is InChI=1S/C16H16Br2/c1-3-11-9-13(17)5-7-15(11)16-8-6-14(18)10-12(16)4-2/h5-10H,3-4H2,1-2H3. The SMILES string of the molecule is CCc1cc(Br)ccc1-c1ccc(Br)cc1CC. The largest absolute Gasteiger partial charge is 0.0613 e. The summed E-state index contributed by atoms with van der Waals surface area (Å²) in [6.07, 6.45) is 2.10. The van der Waals surface area contributed by atoms with E-state index in [0.29, 0.717) is 0 Å². The minimum absolute atomic E-state index is 1.05. The molecular weight excluding hydrogens is 352 g/mol. The first-order valence-electron chi connectivity index (χ1n) is 6.23. The van der Waals surface area contributed by atoms with Crippen LogP contribution in [0.2, 0.25) is 0 Å². The molecule has 0 aromatic heterocycles. The van der Waals surface area contributed by atoms with E-state index in [1.165, 1.54) is 22.3 Å². The van der Waals surface area contributed by atoms with E-state index < -0.39 is 0 Å². The molecule has 0 aliphatic carbocycles. The van der Waals surface area contributed by atoms with Gasteiger partial charge in [-0.2, -0.15) is 0 Å². The molecule has 94 valence electrons. The summed E-state index contributed by atoms with van der Waals surface area (Å²) in [7, 11) is 0. The molecule has 0 N–H and O–H groups in total. The zero-order valence-corrected chi connectivity index (χ0v) is 13.8. The van der Waals surface area contributed by atoms with Crippen LogP contribution in [-0.4, -0.2) is 0 Å². The van der Waals surface area contributed by atoms with Crippen molar-refractivity contribution >= 4 is 31.9 Å². The number of benzene rings is 2. The highest BCUT2D eigenvalue weighted by atomic mass is 79.9. The molecular formula is C16H16Br2. The molecule has 0 aliphatic heterocycles. The summed E-state index contributed by atoms with van der Waals surface area (Å²) in [4.78, 5) is 0. The Kier molecular flexibility index (Phi) is 4.63. The van der Waals surface area contributed by atoms with Crippen LogP contribution in [0, 0.1) is 0 Å². The topological polar surface area (TPSA) is 0 Å². The van der Waals surface area contributed by atoms with Crippen molar-refractivity contribution in [2.75, 3.05) is 0 Å². The molecule has 0 fully saturated rings. The molecule has 0 unspecified atom stereocenters. The smallest absolute Gasteiger partial charge is 0.0178 e. The highest BCUT2D eigenvalue weighted by Crippen LogP contribution is 2.31. The van der Waals surface area contributed by atoms with Crippen LogP contribution < -0.4 is 0 Å². The first kappa shape index (κ1) is 13.8. The first-order valence-corrected chi connectivity index (χ1v) is 7.81. The van der Waals surface area contributed by atoms with E-state index in [0.717, 1.165) is 21.8 Å². The highest BCUT2D eigenvalue weighted by Gasteiger charge is 2.08. The molecule has 0 aliphatic rings. The van der Waals surface area contributed by atoms with Gasteiger partial charge in [0.25, 0.3) is 0 Å². The van der Waals surface area contributed by atoms with Crippen LogP contribution in [0.1, 0.15) is 25.0 Å². The molecule has 2 aromatic rings. The molecule has 0 saturated carbocycles. The molecule has 18 heavy (non-hydrogen) atoms. The molecule has 0 saturated heterocycles. The van der Waals surface area contributed by atoms with Gasteiger partial charge in [0.2, 0.25) is 0 Å². The predicted octanol–water partition coefficient (Wildman–Crippen LogP) is 6.00. The quantitative estimate of drug-likeness (QED) is 0.623. The van der Waals surface area contributed by atoms with Crippen molar-refractivity contribution in [1.82, 2.24) is 0 Å². The van der Waals surface area contributed by atoms with Gasteiger partial charge < -0.3 is 0 Å². The second-order valence-corrected chi connectivity index (χ2v) is 6.14. The summed E-state index contributed by atoms with van der Waals surface area (Å²) in [6.45, 7) is 4.41. The monoisotopic (exact) mass is 366 g/mol. The lowest BCUT2D eigenvalue weighted by atomic mass is 9.93. The molecule has 0 heterocycles. The fraction of sp³-hybridized carbons (Fsp3) is 0.250. The Labute approximate surface area is 126 Å². The average molecular weight is 368 g/mol. The van der Waals surface area contributed by atoms with E-state index in [9.17, 15) is 0 Å². The third-order valence-corrected chi connectivity index (χ3v) is 4.17. The van der Waals surface area contributed by atoms with E-state index in [1.807, 2.05) is 0 Å².